The van der Waals surface area contributed by atoms with E-state index in [-0.39, 0.29) is 6.04 Å². The SMILES string of the molecule is CCCOC1CCCN(CC(N)c2cc(C)ccc2C)C1. The van der Waals surface area contributed by atoms with Crippen molar-refractivity contribution in [3.63, 3.8) is 0 Å². The zero-order chi connectivity index (χ0) is 15.2. The Morgan fingerprint density at radius 3 is 2.95 bits per heavy atom. The largest absolute Gasteiger partial charge is 0.377 e. The fourth-order valence-electron chi connectivity index (χ4n) is 3.14. The smallest absolute Gasteiger partial charge is 0.0702 e. The van der Waals surface area contributed by atoms with Crippen LogP contribution in [0.2, 0.25) is 0 Å². The second kappa shape index (κ2) is 7.92. The molecule has 21 heavy (non-hydrogen) atoms. The number of aryl methyl sites for hydroxylation is 2. The van der Waals surface area contributed by atoms with Crippen LogP contribution in [0.3, 0.4) is 0 Å². The summed E-state index contributed by atoms with van der Waals surface area (Å²) in [5, 5.41) is 0. The third-order valence-electron chi connectivity index (χ3n) is 4.31. The van der Waals surface area contributed by atoms with Gasteiger partial charge in [-0.1, -0.05) is 30.7 Å². The molecule has 2 N–H and O–H groups in total. The summed E-state index contributed by atoms with van der Waals surface area (Å²) in [6.45, 7) is 10.4. The van der Waals surface area contributed by atoms with Gasteiger partial charge in [0.05, 0.1) is 6.10 Å². The highest BCUT2D eigenvalue weighted by Crippen LogP contribution is 2.21. The van der Waals surface area contributed by atoms with Gasteiger partial charge in [-0.15, -0.1) is 0 Å². The monoisotopic (exact) mass is 290 g/mol. The lowest BCUT2D eigenvalue weighted by molar-refractivity contribution is -0.00139. The van der Waals surface area contributed by atoms with Crippen LogP contribution in [0.4, 0.5) is 0 Å². The van der Waals surface area contributed by atoms with Crippen LogP contribution in [-0.4, -0.2) is 37.2 Å². The van der Waals surface area contributed by atoms with Gasteiger partial charge in [-0.25, -0.2) is 0 Å². The fourth-order valence-corrected chi connectivity index (χ4v) is 3.14. The third-order valence-corrected chi connectivity index (χ3v) is 4.31. The lowest BCUT2D eigenvalue weighted by Crippen LogP contribution is -2.43. The van der Waals surface area contributed by atoms with E-state index in [9.17, 15) is 0 Å². The summed E-state index contributed by atoms with van der Waals surface area (Å²) in [6.07, 6.45) is 3.89. The van der Waals surface area contributed by atoms with Gasteiger partial charge in [0.1, 0.15) is 0 Å². The predicted octanol–water partition coefficient (Wildman–Crippen LogP) is 3.19. The summed E-state index contributed by atoms with van der Waals surface area (Å²) in [5.74, 6) is 0. The first-order valence-corrected chi connectivity index (χ1v) is 8.26. The molecule has 1 aliphatic rings. The molecule has 118 valence electrons. The first-order valence-electron chi connectivity index (χ1n) is 8.26. The molecule has 2 atom stereocenters. The molecule has 0 aliphatic carbocycles. The standard InChI is InChI=1S/C18H30N2O/c1-4-10-21-16-6-5-9-20(12-16)13-18(19)17-11-14(2)7-8-15(17)3/h7-8,11,16,18H,4-6,9-10,12-13,19H2,1-3H3. The van der Waals surface area contributed by atoms with E-state index in [1.54, 1.807) is 0 Å². The molecule has 1 saturated heterocycles. The molecule has 1 aliphatic heterocycles. The van der Waals surface area contributed by atoms with Crippen molar-refractivity contribution in [2.75, 3.05) is 26.2 Å². The summed E-state index contributed by atoms with van der Waals surface area (Å²) >= 11 is 0. The van der Waals surface area contributed by atoms with E-state index in [0.29, 0.717) is 6.10 Å². The maximum absolute atomic E-state index is 6.46. The quantitative estimate of drug-likeness (QED) is 0.874. The van der Waals surface area contributed by atoms with Crippen LogP contribution in [-0.2, 0) is 4.74 Å². The lowest BCUT2D eigenvalue weighted by Gasteiger charge is -2.34. The third kappa shape index (κ3) is 4.80. The van der Waals surface area contributed by atoms with E-state index in [2.05, 4.69) is 43.9 Å². The van der Waals surface area contributed by atoms with Crippen LogP contribution in [0.25, 0.3) is 0 Å². The Bertz CT molecular complexity index is 447. The number of hydrogen-bond acceptors (Lipinski definition) is 3. The molecule has 0 aromatic heterocycles. The number of piperidine rings is 1. The molecule has 0 spiro atoms. The Balaban J connectivity index is 1.92. The summed E-state index contributed by atoms with van der Waals surface area (Å²) in [4.78, 5) is 2.47. The zero-order valence-corrected chi connectivity index (χ0v) is 13.8. The molecular formula is C18H30N2O. The van der Waals surface area contributed by atoms with Crippen molar-refractivity contribution in [1.82, 2.24) is 4.90 Å². The molecular weight excluding hydrogens is 260 g/mol. The van der Waals surface area contributed by atoms with E-state index in [1.807, 2.05) is 0 Å². The minimum atomic E-state index is 0.0924. The predicted molar refractivity (Wildman–Crippen MR) is 88.5 cm³/mol. The van der Waals surface area contributed by atoms with Crippen molar-refractivity contribution in [1.29, 1.82) is 0 Å². The first kappa shape index (κ1) is 16.5. The maximum Gasteiger partial charge on any atom is 0.0702 e. The number of hydrogen-bond donors (Lipinski definition) is 1. The molecule has 1 aromatic carbocycles. The molecule has 2 rings (SSSR count). The molecule has 1 aromatic rings. The lowest BCUT2D eigenvalue weighted by atomic mass is 9.98. The first-order chi connectivity index (χ1) is 10.1. The van der Waals surface area contributed by atoms with E-state index in [1.165, 1.54) is 29.5 Å². The highest BCUT2D eigenvalue weighted by Gasteiger charge is 2.22. The summed E-state index contributed by atoms with van der Waals surface area (Å²) < 4.78 is 5.91. The topological polar surface area (TPSA) is 38.5 Å². The number of nitrogens with zero attached hydrogens (tertiary/aromatic N) is 1. The van der Waals surface area contributed by atoms with Crippen LogP contribution in [0, 0.1) is 13.8 Å². The van der Waals surface area contributed by atoms with Crippen molar-refractivity contribution >= 4 is 0 Å². The van der Waals surface area contributed by atoms with Crippen LogP contribution < -0.4 is 5.73 Å². The Labute approximate surface area is 129 Å². The highest BCUT2D eigenvalue weighted by molar-refractivity contribution is 5.33. The van der Waals surface area contributed by atoms with Gasteiger partial charge in [-0.2, -0.15) is 0 Å². The molecule has 3 heteroatoms. The summed E-state index contributed by atoms with van der Waals surface area (Å²) in [6, 6.07) is 6.65. The van der Waals surface area contributed by atoms with Crippen molar-refractivity contribution in [3.05, 3.63) is 34.9 Å². The van der Waals surface area contributed by atoms with Crippen LogP contribution in [0.5, 0.6) is 0 Å². The number of rotatable bonds is 6. The fraction of sp³-hybridized carbons (Fsp3) is 0.667. The van der Waals surface area contributed by atoms with Crippen LogP contribution >= 0.6 is 0 Å². The van der Waals surface area contributed by atoms with Gasteiger partial charge in [0.25, 0.3) is 0 Å². The number of ether oxygens (including phenoxy) is 1. The molecule has 0 bridgehead atoms. The number of likely N-dealkylation sites (tertiary alicyclic amines) is 1. The number of benzene rings is 1. The molecule has 3 nitrogen and oxygen atoms in total. The Kier molecular flexibility index (Phi) is 6.22. The molecule has 2 unspecified atom stereocenters. The van der Waals surface area contributed by atoms with E-state index in [0.717, 1.165) is 32.7 Å². The van der Waals surface area contributed by atoms with Crippen molar-refractivity contribution in [3.8, 4) is 0 Å². The van der Waals surface area contributed by atoms with E-state index < -0.39 is 0 Å². The van der Waals surface area contributed by atoms with E-state index >= 15 is 0 Å². The molecule has 0 amide bonds. The van der Waals surface area contributed by atoms with Gasteiger partial charge < -0.3 is 10.5 Å². The van der Waals surface area contributed by atoms with Crippen molar-refractivity contribution in [2.45, 2.75) is 52.2 Å². The molecule has 0 radical (unpaired) electrons. The Morgan fingerprint density at radius 2 is 2.19 bits per heavy atom. The second-order valence-corrected chi connectivity index (χ2v) is 6.36. The Hall–Kier alpha value is -0.900. The van der Waals surface area contributed by atoms with Crippen LogP contribution in [0.1, 0.15) is 48.9 Å². The minimum Gasteiger partial charge on any atom is -0.377 e. The molecule has 0 saturated carbocycles. The van der Waals surface area contributed by atoms with Gasteiger partial charge >= 0.3 is 0 Å². The van der Waals surface area contributed by atoms with Crippen LogP contribution in [0.15, 0.2) is 18.2 Å². The van der Waals surface area contributed by atoms with Gasteiger partial charge in [0.15, 0.2) is 0 Å². The maximum atomic E-state index is 6.46. The molecule has 1 fully saturated rings. The second-order valence-electron chi connectivity index (χ2n) is 6.36. The zero-order valence-electron chi connectivity index (χ0n) is 13.8. The van der Waals surface area contributed by atoms with Crippen molar-refractivity contribution in [2.24, 2.45) is 5.73 Å². The number of nitrogens with two attached hydrogens (primary N) is 1. The Morgan fingerprint density at radius 1 is 1.38 bits per heavy atom. The van der Waals surface area contributed by atoms with Gasteiger partial charge in [-0.3, -0.25) is 4.90 Å². The van der Waals surface area contributed by atoms with Gasteiger partial charge in [0, 0.05) is 25.7 Å². The van der Waals surface area contributed by atoms with E-state index in [4.69, 9.17) is 10.5 Å². The van der Waals surface area contributed by atoms with Crippen molar-refractivity contribution < 1.29 is 4.74 Å². The summed E-state index contributed by atoms with van der Waals surface area (Å²) in [5.41, 5.74) is 10.3. The van der Waals surface area contributed by atoms with Gasteiger partial charge in [-0.05, 0) is 50.8 Å². The van der Waals surface area contributed by atoms with Gasteiger partial charge in [0.2, 0.25) is 0 Å². The summed E-state index contributed by atoms with van der Waals surface area (Å²) in [7, 11) is 0. The minimum absolute atomic E-state index is 0.0924. The highest BCUT2D eigenvalue weighted by atomic mass is 16.5. The molecule has 1 heterocycles. The normalized spacial score (nSPS) is 21.4. The average Bonchev–Trinajstić information content (AvgIpc) is 2.48. The average molecular weight is 290 g/mol.